The van der Waals surface area contributed by atoms with Crippen molar-refractivity contribution in [2.75, 3.05) is 11.1 Å². The van der Waals surface area contributed by atoms with Gasteiger partial charge in [-0.2, -0.15) is 10.2 Å². The molecule has 5 rings (SSSR count). The quantitative estimate of drug-likeness (QED) is 0.282. The standard InChI is InChI=1S/C27H23ClF2N8O2/c1-14(2)37-11-19(15-3-7-17(28)8-4-15)24(39)23(36-37)27(40)34-18-9-5-16(6-10-18)22-21-25(31)32-13-33-26(21)38(35-22)12-20(29)30/h3-11,13-14,20H,12H2,1-2H3,(H,34,40)(H2,31,32,33). The zero-order chi connectivity index (χ0) is 28.6. The summed E-state index contributed by atoms with van der Waals surface area (Å²) in [6, 6.07) is 13.1. The Morgan fingerprint density at radius 1 is 1.02 bits per heavy atom. The Bertz CT molecular complexity index is 1770. The number of nitrogens with two attached hydrogens (primary N) is 1. The monoisotopic (exact) mass is 564 g/mol. The Morgan fingerprint density at radius 3 is 2.35 bits per heavy atom. The molecule has 0 unspecified atom stereocenters. The third kappa shape index (κ3) is 5.25. The summed E-state index contributed by atoms with van der Waals surface area (Å²) in [6.45, 7) is 3.11. The molecule has 1 amide bonds. The summed E-state index contributed by atoms with van der Waals surface area (Å²) in [5.41, 5.74) is 7.56. The van der Waals surface area contributed by atoms with Crippen LogP contribution < -0.4 is 16.5 Å². The molecule has 40 heavy (non-hydrogen) atoms. The van der Waals surface area contributed by atoms with Gasteiger partial charge in [0.05, 0.1) is 5.39 Å². The second-order valence-electron chi connectivity index (χ2n) is 9.21. The summed E-state index contributed by atoms with van der Waals surface area (Å²) < 4.78 is 28.8. The lowest BCUT2D eigenvalue weighted by Crippen LogP contribution is -2.28. The fourth-order valence-corrected chi connectivity index (χ4v) is 4.27. The van der Waals surface area contributed by atoms with Crippen molar-refractivity contribution in [2.45, 2.75) is 32.9 Å². The van der Waals surface area contributed by atoms with Gasteiger partial charge in [-0.1, -0.05) is 35.9 Å². The minimum absolute atomic E-state index is 0.103. The molecule has 0 saturated heterocycles. The van der Waals surface area contributed by atoms with Gasteiger partial charge < -0.3 is 11.1 Å². The number of nitrogen functional groups attached to an aromatic ring is 1. The summed E-state index contributed by atoms with van der Waals surface area (Å²) in [6.07, 6.45) is 0.151. The molecule has 3 aromatic heterocycles. The fourth-order valence-electron chi connectivity index (χ4n) is 4.15. The van der Waals surface area contributed by atoms with Gasteiger partial charge in [-0.05, 0) is 43.7 Å². The summed E-state index contributed by atoms with van der Waals surface area (Å²) in [5.74, 6) is -0.585. The normalized spacial score (nSPS) is 11.5. The van der Waals surface area contributed by atoms with Crippen molar-refractivity contribution < 1.29 is 13.6 Å². The van der Waals surface area contributed by atoms with E-state index >= 15 is 0 Å². The lowest BCUT2D eigenvalue weighted by molar-refractivity contribution is 0.101. The maximum absolute atomic E-state index is 13.3. The van der Waals surface area contributed by atoms with Crippen LogP contribution in [0.3, 0.4) is 0 Å². The number of alkyl halides is 2. The maximum Gasteiger partial charge on any atom is 0.280 e. The van der Waals surface area contributed by atoms with Crippen molar-refractivity contribution in [1.29, 1.82) is 0 Å². The number of aromatic nitrogens is 6. The minimum atomic E-state index is -2.64. The molecule has 0 aliphatic carbocycles. The van der Waals surface area contributed by atoms with Crippen molar-refractivity contribution >= 4 is 40.0 Å². The molecule has 13 heteroatoms. The van der Waals surface area contributed by atoms with Crippen molar-refractivity contribution in [3.8, 4) is 22.4 Å². The lowest BCUT2D eigenvalue weighted by Gasteiger charge is -2.14. The van der Waals surface area contributed by atoms with Crippen molar-refractivity contribution in [3.63, 3.8) is 0 Å². The average Bonchev–Trinajstić information content (AvgIpc) is 3.28. The largest absolute Gasteiger partial charge is 0.383 e. The molecule has 0 aliphatic heterocycles. The number of benzene rings is 2. The number of anilines is 2. The smallest absolute Gasteiger partial charge is 0.280 e. The topological polar surface area (TPSA) is 134 Å². The SMILES string of the molecule is CC(C)n1cc(-c2ccc(Cl)cc2)c(=O)c(C(=O)Nc2ccc(-c3nn(CC(F)F)c4ncnc(N)c34)cc2)n1. The van der Waals surface area contributed by atoms with E-state index in [1.165, 1.54) is 6.33 Å². The first-order chi connectivity index (χ1) is 19.1. The molecule has 0 radical (unpaired) electrons. The summed E-state index contributed by atoms with van der Waals surface area (Å²) in [4.78, 5) is 34.5. The number of carbonyl (C=O) groups excluding carboxylic acids is 1. The molecule has 3 N–H and O–H groups in total. The van der Waals surface area contributed by atoms with E-state index in [2.05, 4.69) is 25.5 Å². The Kier molecular flexibility index (Phi) is 7.26. The molecular formula is C27H23ClF2N8O2. The van der Waals surface area contributed by atoms with Gasteiger partial charge in [0, 0.05) is 34.1 Å². The summed E-state index contributed by atoms with van der Waals surface area (Å²) >= 11 is 5.99. The van der Waals surface area contributed by atoms with Gasteiger partial charge in [-0.15, -0.1) is 0 Å². The molecule has 5 aromatic rings. The molecule has 0 bridgehead atoms. The molecule has 0 saturated carbocycles. The second kappa shape index (κ2) is 10.8. The fraction of sp³-hybridized carbons (Fsp3) is 0.185. The first-order valence-electron chi connectivity index (χ1n) is 12.2. The van der Waals surface area contributed by atoms with E-state index in [9.17, 15) is 18.4 Å². The minimum Gasteiger partial charge on any atom is -0.383 e. The number of carbonyl (C=O) groups is 1. The highest BCUT2D eigenvalue weighted by atomic mass is 35.5. The predicted molar refractivity (Wildman–Crippen MR) is 148 cm³/mol. The Morgan fingerprint density at radius 2 is 1.70 bits per heavy atom. The van der Waals surface area contributed by atoms with Crippen LogP contribution in [0.15, 0.2) is 65.8 Å². The van der Waals surface area contributed by atoms with Crippen LogP contribution in [0.5, 0.6) is 0 Å². The van der Waals surface area contributed by atoms with Crippen LogP contribution in [0.4, 0.5) is 20.3 Å². The van der Waals surface area contributed by atoms with Crippen LogP contribution in [0.25, 0.3) is 33.4 Å². The Hall–Kier alpha value is -4.71. The van der Waals surface area contributed by atoms with Crippen LogP contribution in [0.2, 0.25) is 5.02 Å². The third-order valence-corrected chi connectivity index (χ3v) is 6.37. The Labute approximate surface area is 231 Å². The molecule has 10 nitrogen and oxygen atoms in total. The molecule has 204 valence electrons. The predicted octanol–water partition coefficient (Wildman–Crippen LogP) is 5.05. The van der Waals surface area contributed by atoms with Crippen molar-refractivity contribution in [3.05, 3.63) is 82.0 Å². The summed E-state index contributed by atoms with van der Waals surface area (Å²) in [5, 5.41) is 12.1. The van der Waals surface area contributed by atoms with Gasteiger partial charge in [0.15, 0.2) is 11.3 Å². The van der Waals surface area contributed by atoms with E-state index in [0.29, 0.717) is 38.5 Å². The first kappa shape index (κ1) is 26.9. The molecule has 0 aliphatic rings. The van der Waals surface area contributed by atoms with Crippen LogP contribution >= 0.6 is 11.6 Å². The molecule has 0 atom stereocenters. The van der Waals surface area contributed by atoms with Crippen molar-refractivity contribution in [2.24, 2.45) is 0 Å². The molecule has 3 heterocycles. The highest BCUT2D eigenvalue weighted by Crippen LogP contribution is 2.31. The highest BCUT2D eigenvalue weighted by molar-refractivity contribution is 6.30. The number of hydrogen-bond donors (Lipinski definition) is 2. The van der Waals surface area contributed by atoms with Gasteiger partial charge in [-0.3, -0.25) is 14.3 Å². The molecule has 0 fully saturated rings. The first-order valence-corrected chi connectivity index (χ1v) is 12.6. The van der Waals surface area contributed by atoms with Crippen LogP contribution in [0.1, 0.15) is 30.4 Å². The van der Waals surface area contributed by atoms with Gasteiger partial charge in [0.1, 0.15) is 24.4 Å². The van der Waals surface area contributed by atoms with Crippen LogP contribution in [0, 0.1) is 0 Å². The number of fused-ring (bicyclic) bond motifs is 1. The van der Waals surface area contributed by atoms with Gasteiger partial charge in [-0.25, -0.2) is 23.4 Å². The van der Waals surface area contributed by atoms with Crippen LogP contribution in [-0.4, -0.2) is 41.9 Å². The maximum atomic E-state index is 13.3. The zero-order valence-corrected chi connectivity index (χ0v) is 22.1. The lowest BCUT2D eigenvalue weighted by atomic mass is 10.1. The molecular weight excluding hydrogens is 542 g/mol. The highest BCUT2D eigenvalue weighted by Gasteiger charge is 2.21. The Balaban J connectivity index is 1.47. The van der Waals surface area contributed by atoms with E-state index in [0.717, 1.165) is 4.68 Å². The van der Waals surface area contributed by atoms with Gasteiger partial charge >= 0.3 is 0 Å². The number of hydrogen-bond acceptors (Lipinski definition) is 7. The number of rotatable bonds is 7. The molecule has 0 spiro atoms. The van der Waals surface area contributed by atoms with Crippen LogP contribution in [-0.2, 0) is 6.54 Å². The van der Waals surface area contributed by atoms with Gasteiger partial charge in [0.25, 0.3) is 12.3 Å². The number of amides is 1. The van der Waals surface area contributed by atoms with Crippen molar-refractivity contribution in [1.82, 2.24) is 29.5 Å². The number of nitrogens with one attached hydrogen (secondary N) is 1. The average molecular weight is 565 g/mol. The third-order valence-electron chi connectivity index (χ3n) is 6.12. The molecule has 2 aromatic carbocycles. The van der Waals surface area contributed by atoms with Gasteiger partial charge in [0.2, 0.25) is 5.43 Å². The van der Waals surface area contributed by atoms with E-state index in [-0.39, 0.29) is 23.2 Å². The second-order valence-corrected chi connectivity index (χ2v) is 9.65. The van der Waals surface area contributed by atoms with E-state index < -0.39 is 24.3 Å². The zero-order valence-electron chi connectivity index (χ0n) is 21.3. The number of halogens is 3. The number of nitrogens with zero attached hydrogens (tertiary/aromatic N) is 6. The van der Waals surface area contributed by atoms with E-state index in [1.807, 2.05) is 13.8 Å². The summed E-state index contributed by atoms with van der Waals surface area (Å²) in [7, 11) is 0. The van der Waals surface area contributed by atoms with E-state index in [1.54, 1.807) is 59.4 Å². The van der Waals surface area contributed by atoms with E-state index in [4.69, 9.17) is 17.3 Å².